The summed E-state index contributed by atoms with van der Waals surface area (Å²) in [6.07, 6.45) is 10.7. The van der Waals surface area contributed by atoms with E-state index >= 15 is 0 Å². The number of carbonyl (C=O) groups is 1. The van der Waals surface area contributed by atoms with E-state index in [0.29, 0.717) is 17.6 Å². The molecule has 2 aromatic heterocycles. The van der Waals surface area contributed by atoms with Crippen LogP contribution in [0.15, 0.2) is 30.5 Å². The average Bonchev–Trinajstić information content (AvgIpc) is 3.21. The van der Waals surface area contributed by atoms with Crippen LogP contribution < -0.4 is 10.6 Å². The van der Waals surface area contributed by atoms with Crippen LogP contribution in [0.5, 0.6) is 0 Å². The van der Waals surface area contributed by atoms with Crippen LogP contribution in [0, 0.1) is 12.3 Å². The predicted octanol–water partition coefficient (Wildman–Crippen LogP) is 1.54. The zero-order valence-corrected chi connectivity index (χ0v) is 11.7. The molecule has 4 heterocycles. The Hall–Kier alpha value is -2.25. The fourth-order valence-electron chi connectivity index (χ4n) is 3.59. The number of pyridine rings is 1. The van der Waals surface area contributed by atoms with Crippen LogP contribution >= 0.6 is 0 Å². The van der Waals surface area contributed by atoms with Crippen molar-refractivity contribution in [2.24, 2.45) is 0 Å². The number of aromatic nitrogens is 1. The van der Waals surface area contributed by atoms with Crippen molar-refractivity contribution in [3.05, 3.63) is 41.7 Å². The van der Waals surface area contributed by atoms with Crippen LogP contribution in [-0.2, 0) is 0 Å². The van der Waals surface area contributed by atoms with Crippen molar-refractivity contribution in [3.63, 3.8) is 0 Å². The lowest BCUT2D eigenvalue weighted by Crippen LogP contribution is -2.42. The maximum atomic E-state index is 12.4. The van der Waals surface area contributed by atoms with E-state index in [-0.39, 0.29) is 11.9 Å². The summed E-state index contributed by atoms with van der Waals surface area (Å²) in [7, 11) is 0. The molecule has 2 N–H and O–H groups in total. The molecule has 0 spiro atoms. The SMILES string of the molecule is C#Cc1ccc2ccc(C(=O)NC3CC4CCC3N4)cn12. The first-order chi connectivity index (χ1) is 10.2. The van der Waals surface area contributed by atoms with Crippen molar-refractivity contribution in [2.45, 2.75) is 37.4 Å². The van der Waals surface area contributed by atoms with Crippen molar-refractivity contribution in [2.75, 3.05) is 0 Å². The zero-order chi connectivity index (χ0) is 14.4. The standard InChI is InChI=1S/C17H17N3O/c1-2-13-6-7-14-5-3-11(10-20(13)14)17(21)19-16-9-12-4-8-15(16)18-12/h1,3,5-7,10,12,15-16,18H,4,8-9H2,(H,19,21). The molecule has 0 radical (unpaired) electrons. The van der Waals surface area contributed by atoms with Gasteiger partial charge in [0.1, 0.15) is 0 Å². The first-order valence-electron chi connectivity index (χ1n) is 7.39. The van der Waals surface area contributed by atoms with Gasteiger partial charge >= 0.3 is 0 Å². The van der Waals surface area contributed by atoms with Gasteiger partial charge in [0, 0.05) is 29.8 Å². The number of rotatable bonds is 2. The number of nitrogens with zero attached hydrogens (tertiary/aromatic N) is 1. The molecule has 4 heteroatoms. The monoisotopic (exact) mass is 279 g/mol. The Bertz CT molecular complexity index is 755. The number of hydrogen-bond acceptors (Lipinski definition) is 2. The van der Waals surface area contributed by atoms with E-state index in [4.69, 9.17) is 6.42 Å². The highest BCUT2D eigenvalue weighted by Gasteiger charge is 2.39. The average molecular weight is 279 g/mol. The minimum Gasteiger partial charge on any atom is -0.348 e. The maximum absolute atomic E-state index is 12.4. The second kappa shape index (κ2) is 4.64. The second-order valence-electron chi connectivity index (χ2n) is 5.94. The van der Waals surface area contributed by atoms with Gasteiger partial charge in [-0.25, -0.2) is 0 Å². The summed E-state index contributed by atoms with van der Waals surface area (Å²) < 4.78 is 1.88. The van der Waals surface area contributed by atoms with Crippen molar-refractivity contribution < 1.29 is 4.79 Å². The van der Waals surface area contributed by atoms with E-state index in [1.165, 1.54) is 6.42 Å². The quantitative estimate of drug-likeness (QED) is 0.819. The highest BCUT2D eigenvalue weighted by Crippen LogP contribution is 2.28. The lowest BCUT2D eigenvalue weighted by Gasteiger charge is -2.21. The number of amides is 1. The van der Waals surface area contributed by atoms with Crippen molar-refractivity contribution in [3.8, 4) is 12.3 Å². The first-order valence-corrected chi connectivity index (χ1v) is 7.39. The number of fused-ring (bicyclic) bond motifs is 3. The number of nitrogens with one attached hydrogen (secondary N) is 2. The molecule has 0 aromatic carbocycles. The largest absolute Gasteiger partial charge is 0.348 e. The van der Waals surface area contributed by atoms with Crippen LogP contribution in [0.3, 0.4) is 0 Å². The van der Waals surface area contributed by atoms with Crippen LogP contribution in [0.25, 0.3) is 5.52 Å². The van der Waals surface area contributed by atoms with E-state index in [9.17, 15) is 4.79 Å². The van der Waals surface area contributed by atoms with Crippen LogP contribution in [0.2, 0.25) is 0 Å². The van der Waals surface area contributed by atoms with Gasteiger partial charge in [0.15, 0.2) is 0 Å². The van der Waals surface area contributed by atoms with Gasteiger partial charge in [0.05, 0.1) is 11.3 Å². The van der Waals surface area contributed by atoms with Crippen molar-refractivity contribution in [1.29, 1.82) is 0 Å². The molecule has 2 bridgehead atoms. The molecule has 2 aromatic rings. The molecule has 4 rings (SSSR count). The summed E-state index contributed by atoms with van der Waals surface area (Å²) in [6, 6.07) is 8.90. The third-order valence-electron chi connectivity index (χ3n) is 4.68. The van der Waals surface area contributed by atoms with E-state index in [1.54, 1.807) is 0 Å². The van der Waals surface area contributed by atoms with E-state index < -0.39 is 0 Å². The molecule has 1 amide bonds. The Kier molecular flexibility index (Phi) is 2.76. The lowest BCUT2D eigenvalue weighted by molar-refractivity contribution is 0.0930. The smallest absolute Gasteiger partial charge is 0.253 e. The number of terminal acetylenes is 1. The van der Waals surface area contributed by atoms with E-state index in [2.05, 4.69) is 16.6 Å². The Morgan fingerprint density at radius 2 is 2.19 bits per heavy atom. The van der Waals surface area contributed by atoms with Crippen LogP contribution in [0.1, 0.15) is 35.3 Å². The van der Waals surface area contributed by atoms with Gasteiger partial charge < -0.3 is 15.0 Å². The molecular weight excluding hydrogens is 262 g/mol. The molecule has 0 saturated carbocycles. The zero-order valence-electron chi connectivity index (χ0n) is 11.7. The molecule has 2 fully saturated rings. The van der Waals surface area contributed by atoms with Gasteiger partial charge in [-0.15, -0.1) is 6.42 Å². The van der Waals surface area contributed by atoms with Gasteiger partial charge in [-0.3, -0.25) is 4.79 Å². The second-order valence-corrected chi connectivity index (χ2v) is 5.94. The number of carbonyl (C=O) groups excluding carboxylic acids is 1. The molecule has 2 aliphatic rings. The van der Waals surface area contributed by atoms with Gasteiger partial charge in [-0.1, -0.05) is 5.92 Å². The summed E-state index contributed by atoms with van der Waals surface area (Å²) in [5, 5.41) is 6.69. The molecule has 3 unspecified atom stereocenters. The molecule has 0 aliphatic carbocycles. The van der Waals surface area contributed by atoms with Crippen LogP contribution in [0.4, 0.5) is 0 Å². The predicted molar refractivity (Wildman–Crippen MR) is 81.1 cm³/mol. The van der Waals surface area contributed by atoms with E-state index in [1.807, 2.05) is 34.9 Å². The Labute approximate surface area is 123 Å². The Morgan fingerprint density at radius 1 is 1.33 bits per heavy atom. The van der Waals surface area contributed by atoms with E-state index in [0.717, 1.165) is 24.1 Å². The Balaban J connectivity index is 1.58. The minimum atomic E-state index is -0.0204. The molecule has 4 nitrogen and oxygen atoms in total. The van der Waals surface area contributed by atoms with Crippen molar-refractivity contribution in [1.82, 2.24) is 15.0 Å². The third kappa shape index (κ3) is 2.01. The summed E-state index contributed by atoms with van der Waals surface area (Å²) in [5.41, 5.74) is 2.42. The summed E-state index contributed by atoms with van der Waals surface area (Å²) in [6.45, 7) is 0. The Morgan fingerprint density at radius 3 is 2.90 bits per heavy atom. The van der Waals surface area contributed by atoms with Crippen molar-refractivity contribution >= 4 is 11.4 Å². The lowest BCUT2D eigenvalue weighted by atomic mass is 9.95. The highest BCUT2D eigenvalue weighted by atomic mass is 16.1. The molecule has 3 atom stereocenters. The highest BCUT2D eigenvalue weighted by molar-refractivity contribution is 5.94. The summed E-state index contributed by atoms with van der Waals surface area (Å²) in [5.74, 6) is 2.61. The molecular formula is C17H17N3O. The van der Waals surface area contributed by atoms with Crippen LogP contribution in [-0.4, -0.2) is 28.4 Å². The molecule has 106 valence electrons. The molecule has 2 saturated heterocycles. The topological polar surface area (TPSA) is 45.5 Å². The molecule has 2 aliphatic heterocycles. The fourth-order valence-corrected chi connectivity index (χ4v) is 3.59. The normalized spacial score (nSPS) is 26.9. The maximum Gasteiger partial charge on any atom is 0.253 e. The van der Waals surface area contributed by atoms with Gasteiger partial charge in [-0.05, 0) is 43.5 Å². The fraction of sp³-hybridized carbons (Fsp3) is 0.353. The van der Waals surface area contributed by atoms with Gasteiger partial charge in [-0.2, -0.15) is 0 Å². The minimum absolute atomic E-state index is 0.0204. The third-order valence-corrected chi connectivity index (χ3v) is 4.68. The number of hydrogen-bond donors (Lipinski definition) is 2. The van der Waals surface area contributed by atoms with Gasteiger partial charge in [0.25, 0.3) is 5.91 Å². The summed E-state index contributed by atoms with van der Waals surface area (Å²) >= 11 is 0. The first kappa shape index (κ1) is 12.5. The molecule has 21 heavy (non-hydrogen) atoms. The van der Waals surface area contributed by atoms with Gasteiger partial charge in [0.2, 0.25) is 0 Å². The summed E-state index contributed by atoms with van der Waals surface area (Å²) in [4.78, 5) is 12.4.